The van der Waals surface area contributed by atoms with Crippen molar-refractivity contribution in [3.05, 3.63) is 42.1 Å². The molecule has 1 aliphatic rings. The molecule has 1 aliphatic heterocycles. The fraction of sp³-hybridized carbons (Fsp3) is 0.412. The third kappa shape index (κ3) is 3.43. The zero-order chi connectivity index (χ0) is 16.2. The first-order chi connectivity index (χ1) is 11.2. The fourth-order valence-corrected chi connectivity index (χ4v) is 2.98. The van der Waals surface area contributed by atoms with Gasteiger partial charge < -0.3 is 10.0 Å². The Balaban J connectivity index is 1.70. The van der Waals surface area contributed by atoms with E-state index in [1.807, 2.05) is 42.3 Å². The van der Waals surface area contributed by atoms with Gasteiger partial charge in [0.25, 0.3) is 5.91 Å². The van der Waals surface area contributed by atoms with Crippen LogP contribution in [0.15, 0.2) is 36.5 Å². The number of hydrogen-bond acceptors (Lipinski definition) is 4. The summed E-state index contributed by atoms with van der Waals surface area (Å²) >= 11 is 0. The number of carbonyl (C=O) groups excluding carboxylic acids is 1. The zero-order valence-corrected chi connectivity index (χ0v) is 13.3. The monoisotopic (exact) mass is 314 g/mol. The van der Waals surface area contributed by atoms with E-state index in [0.29, 0.717) is 18.5 Å². The number of aromatic amines is 1. The number of amides is 1. The van der Waals surface area contributed by atoms with Gasteiger partial charge in [-0.3, -0.25) is 14.8 Å². The Labute approximate surface area is 135 Å². The number of rotatable bonds is 4. The first kappa shape index (κ1) is 15.7. The van der Waals surface area contributed by atoms with Crippen LogP contribution in [0.5, 0.6) is 0 Å². The summed E-state index contributed by atoms with van der Waals surface area (Å²) in [5, 5.41) is 16.0. The van der Waals surface area contributed by atoms with Crippen molar-refractivity contribution in [2.75, 3.05) is 33.3 Å². The predicted molar refractivity (Wildman–Crippen MR) is 88.0 cm³/mol. The number of H-pyrrole nitrogens is 1. The highest BCUT2D eigenvalue weighted by Gasteiger charge is 2.27. The molecule has 1 amide bonds. The van der Waals surface area contributed by atoms with Crippen molar-refractivity contribution in [2.24, 2.45) is 0 Å². The lowest BCUT2D eigenvalue weighted by atomic mass is 10.1. The molecule has 3 rings (SSSR count). The topological polar surface area (TPSA) is 72.5 Å². The maximum atomic E-state index is 12.7. The van der Waals surface area contributed by atoms with Crippen molar-refractivity contribution in [3.63, 3.8) is 0 Å². The molecule has 1 aromatic carbocycles. The smallest absolute Gasteiger partial charge is 0.253 e. The first-order valence-electron chi connectivity index (χ1n) is 7.89. The van der Waals surface area contributed by atoms with Gasteiger partial charge in [0.05, 0.1) is 5.69 Å². The van der Waals surface area contributed by atoms with Gasteiger partial charge in [-0.05, 0) is 37.2 Å². The standard InChI is InChI=1S/C17H22N4O2/c1-20-9-10-21(12-15(20)7-11-22)17(23)14-4-2-13(3-5-14)16-6-8-18-19-16/h2-6,8,15,22H,7,9-12H2,1H3,(H,18,19)/t15-/m0/s1. The van der Waals surface area contributed by atoms with E-state index in [1.54, 1.807) is 6.20 Å². The second-order valence-electron chi connectivity index (χ2n) is 5.95. The van der Waals surface area contributed by atoms with Crippen molar-refractivity contribution >= 4 is 5.91 Å². The molecule has 2 aromatic rings. The van der Waals surface area contributed by atoms with Gasteiger partial charge in [-0.2, -0.15) is 5.10 Å². The molecule has 2 N–H and O–H groups in total. The summed E-state index contributed by atoms with van der Waals surface area (Å²) in [5.41, 5.74) is 2.64. The van der Waals surface area contributed by atoms with Gasteiger partial charge in [-0.1, -0.05) is 12.1 Å². The quantitative estimate of drug-likeness (QED) is 0.890. The molecule has 1 fully saturated rings. The highest BCUT2D eigenvalue weighted by Crippen LogP contribution is 2.19. The maximum absolute atomic E-state index is 12.7. The predicted octanol–water partition coefficient (Wildman–Crippen LogP) is 1.22. The molecule has 0 aliphatic carbocycles. The van der Waals surface area contributed by atoms with Crippen LogP contribution in [0, 0.1) is 0 Å². The van der Waals surface area contributed by atoms with E-state index in [9.17, 15) is 4.79 Å². The average molecular weight is 314 g/mol. The van der Waals surface area contributed by atoms with Gasteiger partial charge in [0.1, 0.15) is 0 Å². The SMILES string of the molecule is CN1CCN(C(=O)c2ccc(-c3ccn[nH]3)cc2)C[C@@H]1CCO. The molecule has 0 saturated carbocycles. The number of carbonyl (C=O) groups is 1. The Hall–Kier alpha value is -2.18. The summed E-state index contributed by atoms with van der Waals surface area (Å²) in [4.78, 5) is 16.8. The van der Waals surface area contributed by atoms with Gasteiger partial charge >= 0.3 is 0 Å². The van der Waals surface area contributed by atoms with Crippen LogP contribution in [0.3, 0.4) is 0 Å². The molecule has 0 spiro atoms. The van der Waals surface area contributed by atoms with E-state index in [1.165, 1.54) is 0 Å². The number of nitrogens with zero attached hydrogens (tertiary/aromatic N) is 3. The minimum absolute atomic E-state index is 0.0530. The molecule has 2 heterocycles. The molecule has 0 bridgehead atoms. The third-order valence-electron chi connectivity index (χ3n) is 4.47. The Bertz CT molecular complexity index is 639. The molecular formula is C17H22N4O2. The minimum Gasteiger partial charge on any atom is -0.396 e. The van der Waals surface area contributed by atoms with Crippen LogP contribution in [-0.2, 0) is 0 Å². The lowest BCUT2D eigenvalue weighted by Crippen LogP contribution is -2.53. The van der Waals surface area contributed by atoms with Crippen LogP contribution < -0.4 is 0 Å². The number of aliphatic hydroxyl groups is 1. The highest BCUT2D eigenvalue weighted by molar-refractivity contribution is 5.94. The Kier molecular flexibility index (Phi) is 4.73. The molecule has 122 valence electrons. The van der Waals surface area contributed by atoms with E-state index in [-0.39, 0.29) is 18.6 Å². The summed E-state index contributed by atoms with van der Waals surface area (Å²) in [6.07, 6.45) is 2.40. The second kappa shape index (κ2) is 6.93. The molecule has 6 heteroatoms. The van der Waals surface area contributed by atoms with Crippen molar-refractivity contribution in [1.29, 1.82) is 0 Å². The van der Waals surface area contributed by atoms with Gasteiger partial charge in [0.2, 0.25) is 0 Å². The molecule has 1 aromatic heterocycles. The van der Waals surface area contributed by atoms with E-state index < -0.39 is 0 Å². The summed E-state index contributed by atoms with van der Waals surface area (Å²) in [6.45, 7) is 2.37. The summed E-state index contributed by atoms with van der Waals surface area (Å²) in [5.74, 6) is 0.0530. The lowest BCUT2D eigenvalue weighted by molar-refractivity contribution is 0.0500. The second-order valence-corrected chi connectivity index (χ2v) is 5.95. The normalized spacial score (nSPS) is 19.0. The van der Waals surface area contributed by atoms with Crippen molar-refractivity contribution in [3.8, 4) is 11.3 Å². The number of aromatic nitrogens is 2. The molecular weight excluding hydrogens is 292 g/mol. The Morgan fingerprint density at radius 2 is 2.09 bits per heavy atom. The largest absolute Gasteiger partial charge is 0.396 e. The molecule has 1 atom stereocenters. The number of likely N-dealkylation sites (N-methyl/N-ethyl adjacent to an activating group) is 1. The molecule has 1 saturated heterocycles. The van der Waals surface area contributed by atoms with E-state index >= 15 is 0 Å². The van der Waals surface area contributed by atoms with E-state index in [4.69, 9.17) is 5.11 Å². The van der Waals surface area contributed by atoms with Gasteiger partial charge in [0, 0.05) is 44.0 Å². The Morgan fingerprint density at radius 1 is 1.30 bits per heavy atom. The van der Waals surface area contributed by atoms with Crippen LogP contribution in [-0.4, -0.2) is 70.3 Å². The summed E-state index contributed by atoms with van der Waals surface area (Å²) in [6, 6.07) is 9.71. The van der Waals surface area contributed by atoms with Crippen LogP contribution in [0.25, 0.3) is 11.3 Å². The lowest BCUT2D eigenvalue weighted by Gasteiger charge is -2.39. The van der Waals surface area contributed by atoms with Crippen molar-refractivity contribution in [2.45, 2.75) is 12.5 Å². The van der Waals surface area contributed by atoms with Crippen LogP contribution in [0.4, 0.5) is 0 Å². The first-order valence-corrected chi connectivity index (χ1v) is 7.89. The van der Waals surface area contributed by atoms with Gasteiger partial charge in [-0.15, -0.1) is 0 Å². The fourth-order valence-electron chi connectivity index (χ4n) is 2.98. The zero-order valence-electron chi connectivity index (χ0n) is 13.3. The maximum Gasteiger partial charge on any atom is 0.253 e. The van der Waals surface area contributed by atoms with Gasteiger partial charge in [0.15, 0.2) is 0 Å². The number of piperazine rings is 1. The summed E-state index contributed by atoms with van der Waals surface area (Å²) in [7, 11) is 2.04. The number of aliphatic hydroxyl groups excluding tert-OH is 1. The molecule has 23 heavy (non-hydrogen) atoms. The Morgan fingerprint density at radius 3 is 2.74 bits per heavy atom. The van der Waals surface area contributed by atoms with E-state index in [0.717, 1.165) is 24.3 Å². The molecule has 6 nitrogen and oxygen atoms in total. The van der Waals surface area contributed by atoms with Crippen molar-refractivity contribution in [1.82, 2.24) is 20.0 Å². The third-order valence-corrected chi connectivity index (χ3v) is 4.47. The number of benzene rings is 1. The van der Waals surface area contributed by atoms with Crippen LogP contribution >= 0.6 is 0 Å². The number of nitrogens with one attached hydrogen (secondary N) is 1. The van der Waals surface area contributed by atoms with Crippen LogP contribution in [0.1, 0.15) is 16.8 Å². The van der Waals surface area contributed by atoms with Crippen LogP contribution in [0.2, 0.25) is 0 Å². The molecule has 0 radical (unpaired) electrons. The van der Waals surface area contributed by atoms with Gasteiger partial charge in [-0.25, -0.2) is 0 Å². The van der Waals surface area contributed by atoms with Crippen molar-refractivity contribution < 1.29 is 9.90 Å². The van der Waals surface area contributed by atoms with E-state index in [2.05, 4.69) is 15.1 Å². The highest BCUT2D eigenvalue weighted by atomic mass is 16.3. The summed E-state index contributed by atoms with van der Waals surface area (Å²) < 4.78 is 0. The molecule has 0 unspecified atom stereocenters. The minimum atomic E-state index is 0.0530. The average Bonchev–Trinajstić information content (AvgIpc) is 3.11. The number of hydrogen-bond donors (Lipinski definition) is 2.